The maximum absolute atomic E-state index is 13.1. The van der Waals surface area contributed by atoms with Crippen molar-refractivity contribution >= 4 is 26.0 Å². The Balaban J connectivity index is 2.24. The van der Waals surface area contributed by atoms with Gasteiger partial charge in [0.1, 0.15) is 10.7 Å². The molecule has 0 aliphatic carbocycles. The van der Waals surface area contributed by atoms with Gasteiger partial charge >= 0.3 is 0 Å². The molecule has 1 heterocycles. The van der Waals surface area contributed by atoms with E-state index in [4.69, 9.17) is 0 Å². The number of nitrogens with one attached hydrogen (secondary N) is 2. The highest BCUT2D eigenvalue weighted by Crippen LogP contribution is 2.18. The Labute approximate surface area is 123 Å². The van der Waals surface area contributed by atoms with E-state index in [1.165, 1.54) is 24.4 Å². The summed E-state index contributed by atoms with van der Waals surface area (Å²) in [6.45, 7) is -0.130. The van der Waals surface area contributed by atoms with Crippen LogP contribution >= 0.6 is 15.9 Å². The number of H-pyrrole nitrogens is 1. The maximum atomic E-state index is 13.1. The molecular weight excluding hydrogens is 351 g/mol. The lowest BCUT2D eigenvalue weighted by atomic mass is 10.2. The SMILES string of the molecule is O=c1cc[nH]cc1S(=O)(=O)NCc1cc(F)ccc1Br. The number of hydrogen-bond donors (Lipinski definition) is 2. The van der Waals surface area contributed by atoms with Crippen LogP contribution < -0.4 is 10.2 Å². The number of aromatic nitrogens is 1. The second-order valence-electron chi connectivity index (χ2n) is 3.93. The van der Waals surface area contributed by atoms with Gasteiger partial charge in [0.25, 0.3) is 0 Å². The van der Waals surface area contributed by atoms with E-state index in [0.29, 0.717) is 10.0 Å². The van der Waals surface area contributed by atoms with Crippen LogP contribution in [-0.4, -0.2) is 13.4 Å². The first-order chi connectivity index (χ1) is 9.40. The van der Waals surface area contributed by atoms with Gasteiger partial charge in [-0.1, -0.05) is 15.9 Å². The van der Waals surface area contributed by atoms with E-state index in [0.717, 1.165) is 12.3 Å². The van der Waals surface area contributed by atoms with E-state index in [9.17, 15) is 17.6 Å². The van der Waals surface area contributed by atoms with Gasteiger partial charge in [0, 0.05) is 29.5 Å². The highest BCUT2D eigenvalue weighted by molar-refractivity contribution is 9.10. The number of sulfonamides is 1. The smallest absolute Gasteiger partial charge is 0.246 e. The lowest BCUT2D eigenvalue weighted by Gasteiger charge is -2.07. The van der Waals surface area contributed by atoms with Crippen molar-refractivity contribution in [1.29, 1.82) is 0 Å². The fourth-order valence-corrected chi connectivity index (χ4v) is 2.98. The molecular formula is C12H10BrFN2O3S. The standard InChI is InChI=1S/C12H10BrFN2O3S/c13-10-2-1-9(14)5-8(10)6-16-20(18,19)12-7-15-4-3-11(12)17/h1-5,7,16H,6H2,(H,15,17). The summed E-state index contributed by atoms with van der Waals surface area (Å²) in [4.78, 5) is 13.6. The average Bonchev–Trinajstić information content (AvgIpc) is 2.40. The molecule has 0 aliphatic heterocycles. The number of pyridine rings is 1. The molecule has 0 radical (unpaired) electrons. The first-order valence-corrected chi connectivity index (χ1v) is 7.78. The van der Waals surface area contributed by atoms with Gasteiger partial charge in [0.15, 0.2) is 0 Å². The number of hydrogen-bond acceptors (Lipinski definition) is 3. The molecule has 0 spiro atoms. The summed E-state index contributed by atoms with van der Waals surface area (Å²) in [5.41, 5.74) is -0.185. The Morgan fingerprint density at radius 1 is 1.30 bits per heavy atom. The van der Waals surface area contributed by atoms with Crippen molar-refractivity contribution in [3.63, 3.8) is 0 Å². The summed E-state index contributed by atoms with van der Waals surface area (Å²) < 4.78 is 39.9. The van der Waals surface area contributed by atoms with Crippen molar-refractivity contribution in [1.82, 2.24) is 9.71 Å². The maximum Gasteiger partial charge on any atom is 0.246 e. The molecule has 106 valence electrons. The Morgan fingerprint density at radius 2 is 2.05 bits per heavy atom. The zero-order valence-corrected chi connectivity index (χ0v) is 12.5. The normalized spacial score (nSPS) is 11.5. The van der Waals surface area contributed by atoms with Gasteiger partial charge in [0.05, 0.1) is 0 Å². The van der Waals surface area contributed by atoms with E-state index in [1.54, 1.807) is 0 Å². The van der Waals surface area contributed by atoms with Crippen molar-refractivity contribution in [2.24, 2.45) is 0 Å². The van der Waals surface area contributed by atoms with E-state index >= 15 is 0 Å². The number of benzene rings is 1. The van der Waals surface area contributed by atoms with E-state index in [2.05, 4.69) is 25.6 Å². The molecule has 0 unspecified atom stereocenters. The topological polar surface area (TPSA) is 79.0 Å². The predicted octanol–water partition coefficient (Wildman–Crippen LogP) is 1.76. The monoisotopic (exact) mass is 360 g/mol. The Morgan fingerprint density at radius 3 is 2.75 bits per heavy atom. The summed E-state index contributed by atoms with van der Waals surface area (Å²) in [6, 6.07) is 5.06. The van der Waals surface area contributed by atoms with Gasteiger partial charge in [-0.15, -0.1) is 0 Å². The molecule has 0 saturated carbocycles. The average molecular weight is 361 g/mol. The molecule has 8 heteroatoms. The van der Waals surface area contributed by atoms with Gasteiger partial charge in [-0.05, 0) is 23.8 Å². The number of rotatable bonds is 4. The highest BCUT2D eigenvalue weighted by Gasteiger charge is 2.17. The first-order valence-electron chi connectivity index (χ1n) is 5.51. The summed E-state index contributed by atoms with van der Waals surface area (Å²) in [5.74, 6) is -0.472. The molecule has 5 nitrogen and oxygen atoms in total. The van der Waals surface area contributed by atoms with Crippen molar-refractivity contribution < 1.29 is 12.8 Å². The second kappa shape index (κ2) is 5.86. The van der Waals surface area contributed by atoms with Crippen LogP contribution in [0.15, 0.2) is 50.8 Å². The summed E-state index contributed by atoms with van der Waals surface area (Å²) in [7, 11) is -3.96. The van der Waals surface area contributed by atoms with Crippen LogP contribution in [0.3, 0.4) is 0 Å². The molecule has 0 aliphatic rings. The minimum absolute atomic E-state index is 0.130. The zero-order valence-electron chi connectivity index (χ0n) is 10.1. The van der Waals surface area contributed by atoms with Crippen molar-refractivity contribution in [3.05, 3.63) is 62.7 Å². The van der Waals surface area contributed by atoms with Gasteiger partial charge in [0.2, 0.25) is 15.5 Å². The highest BCUT2D eigenvalue weighted by atomic mass is 79.9. The fourth-order valence-electron chi connectivity index (χ4n) is 1.54. The summed E-state index contributed by atoms with van der Waals surface area (Å²) in [6.07, 6.45) is 2.44. The Bertz CT molecular complexity index is 789. The van der Waals surface area contributed by atoms with Crippen LogP contribution in [0.5, 0.6) is 0 Å². The van der Waals surface area contributed by atoms with Crippen LogP contribution in [0.25, 0.3) is 0 Å². The third kappa shape index (κ3) is 3.33. The predicted molar refractivity (Wildman–Crippen MR) is 75.2 cm³/mol. The molecule has 0 bridgehead atoms. The largest absolute Gasteiger partial charge is 0.366 e. The molecule has 0 fully saturated rings. The molecule has 2 aromatic rings. The molecule has 0 atom stereocenters. The van der Waals surface area contributed by atoms with Gasteiger partial charge in [-0.3, -0.25) is 4.79 Å². The lowest BCUT2D eigenvalue weighted by Crippen LogP contribution is -2.28. The Kier molecular flexibility index (Phi) is 4.36. The van der Waals surface area contributed by atoms with Gasteiger partial charge in [-0.2, -0.15) is 0 Å². The summed E-state index contributed by atoms with van der Waals surface area (Å²) >= 11 is 3.20. The molecule has 2 rings (SSSR count). The van der Waals surface area contributed by atoms with Gasteiger partial charge in [-0.25, -0.2) is 17.5 Å². The van der Waals surface area contributed by atoms with Crippen molar-refractivity contribution in [2.75, 3.05) is 0 Å². The molecule has 0 amide bonds. The molecule has 1 aromatic carbocycles. The van der Waals surface area contributed by atoms with Gasteiger partial charge < -0.3 is 4.98 Å². The minimum atomic E-state index is -3.96. The van der Waals surface area contributed by atoms with Crippen molar-refractivity contribution in [2.45, 2.75) is 11.4 Å². The minimum Gasteiger partial charge on any atom is -0.366 e. The van der Waals surface area contributed by atoms with Crippen LogP contribution in [0, 0.1) is 5.82 Å². The van der Waals surface area contributed by atoms with Crippen LogP contribution in [-0.2, 0) is 16.6 Å². The zero-order chi connectivity index (χ0) is 14.8. The quantitative estimate of drug-likeness (QED) is 0.871. The van der Waals surface area contributed by atoms with Crippen LogP contribution in [0.4, 0.5) is 4.39 Å². The van der Waals surface area contributed by atoms with E-state index in [1.807, 2.05) is 0 Å². The number of halogens is 2. The van der Waals surface area contributed by atoms with Crippen LogP contribution in [0.2, 0.25) is 0 Å². The fraction of sp³-hybridized carbons (Fsp3) is 0.0833. The van der Waals surface area contributed by atoms with E-state index < -0.39 is 21.3 Å². The third-order valence-corrected chi connectivity index (χ3v) is 4.73. The molecule has 20 heavy (non-hydrogen) atoms. The molecule has 1 aromatic heterocycles. The molecule has 2 N–H and O–H groups in total. The molecule has 0 saturated heterocycles. The first kappa shape index (κ1) is 14.9. The lowest BCUT2D eigenvalue weighted by molar-refractivity contribution is 0.579. The second-order valence-corrected chi connectivity index (χ2v) is 6.52. The third-order valence-electron chi connectivity index (χ3n) is 2.54. The van der Waals surface area contributed by atoms with Crippen LogP contribution in [0.1, 0.15) is 5.56 Å². The Hall–Kier alpha value is -1.51. The van der Waals surface area contributed by atoms with E-state index in [-0.39, 0.29) is 11.4 Å². The number of aromatic amines is 1. The van der Waals surface area contributed by atoms with Crippen molar-refractivity contribution in [3.8, 4) is 0 Å². The summed E-state index contributed by atoms with van der Waals surface area (Å²) in [5, 5.41) is 0.